The van der Waals surface area contributed by atoms with Gasteiger partial charge in [-0.3, -0.25) is 0 Å². The Hall–Kier alpha value is -0.980. The molecule has 0 aromatic heterocycles. The van der Waals surface area contributed by atoms with Gasteiger partial charge in [0, 0.05) is 0 Å². The molecule has 1 aromatic carbocycles. The summed E-state index contributed by atoms with van der Waals surface area (Å²) in [5.41, 5.74) is 2.01. The van der Waals surface area contributed by atoms with E-state index in [0.29, 0.717) is 5.75 Å². The van der Waals surface area contributed by atoms with E-state index in [9.17, 15) is 5.11 Å². The molecule has 1 rings (SSSR count). The van der Waals surface area contributed by atoms with Gasteiger partial charge in [0.2, 0.25) is 0 Å². The van der Waals surface area contributed by atoms with Crippen LogP contribution in [0, 0.1) is 13.0 Å². The van der Waals surface area contributed by atoms with E-state index in [1.807, 2.05) is 13.0 Å². The maximum absolute atomic E-state index is 9.50. The van der Waals surface area contributed by atoms with Crippen molar-refractivity contribution in [2.45, 2.75) is 33.1 Å². The fourth-order valence-electron chi connectivity index (χ4n) is 1.18. The number of rotatable bonds is 3. The van der Waals surface area contributed by atoms with Gasteiger partial charge < -0.3 is 5.11 Å². The molecule has 0 amide bonds. The SMILES string of the molecule is CCCCc1c[c]c(C)cc1O. The number of phenols is 1. The highest BCUT2D eigenvalue weighted by molar-refractivity contribution is 5.35. The van der Waals surface area contributed by atoms with Crippen LogP contribution in [-0.4, -0.2) is 5.11 Å². The summed E-state index contributed by atoms with van der Waals surface area (Å²) in [6, 6.07) is 6.75. The Morgan fingerprint density at radius 3 is 2.83 bits per heavy atom. The molecule has 1 radical (unpaired) electrons. The van der Waals surface area contributed by atoms with Crippen molar-refractivity contribution < 1.29 is 5.11 Å². The summed E-state index contributed by atoms with van der Waals surface area (Å²) in [6.45, 7) is 4.08. The molecule has 0 saturated heterocycles. The third kappa shape index (κ3) is 2.26. The Kier molecular flexibility index (Phi) is 3.15. The second kappa shape index (κ2) is 4.15. The molecule has 0 saturated carbocycles. The zero-order valence-corrected chi connectivity index (χ0v) is 7.72. The molecule has 0 aliphatic carbocycles. The lowest BCUT2D eigenvalue weighted by Crippen LogP contribution is -1.86. The summed E-state index contributed by atoms with van der Waals surface area (Å²) in [4.78, 5) is 0. The maximum Gasteiger partial charge on any atom is 0.119 e. The number of hydrogen-bond acceptors (Lipinski definition) is 1. The molecule has 0 heterocycles. The molecule has 1 nitrogen and oxygen atoms in total. The van der Waals surface area contributed by atoms with Crippen LogP contribution in [0.3, 0.4) is 0 Å². The minimum absolute atomic E-state index is 0.416. The van der Waals surface area contributed by atoms with Crippen LogP contribution in [-0.2, 0) is 6.42 Å². The van der Waals surface area contributed by atoms with E-state index in [-0.39, 0.29) is 0 Å². The van der Waals surface area contributed by atoms with Crippen LogP contribution in [0.15, 0.2) is 12.1 Å². The molecule has 1 heteroatoms. The summed E-state index contributed by atoms with van der Waals surface area (Å²) < 4.78 is 0. The Morgan fingerprint density at radius 1 is 1.50 bits per heavy atom. The van der Waals surface area contributed by atoms with Gasteiger partial charge in [-0.05, 0) is 49.1 Å². The highest BCUT2D eigenvalue weighted by Crippen LogP contribution is 2.19. The van der Waals surface area contributed by atoms with Gasteiger partial charge in [-0.15, -0.1) is 0 Å². The van der Waals surface area contributed by atoms with E-state index >= 15 is 0 Å². The molecule has 0 atom stereocenters. The average Bonchev–Trinajstić information content (AvgIpc) is 2.03. The second-order valence-electron chi connectivity index (χ2n) is 3.13. The monoisotopic (exact) mass is 163 g/mol. The van der Waals surface area contributed by atoms with E-state index < -0.39 is 0 Å². The van der Waals surface area contributed by atoms with Gasteiger partial charge in [0.05, 0.1) is 0 Å². The van der Waals surface area contributed by atoms with Crippen molar-refractivity contribution in [3.8, 4) is 5.75 Å². The molecule has 12 heavy (non-hydrogen) atoms. The molecular formula is C11H15O. The van der Waals surface area contributed by atoms with Crippen molar-refractivity contribution in [2.75, 3.05) is 0 Å². The number of benzene rings is 1. The zero-order valence-electron chi connectivity index (χ0n) is 7.72. The van der Waals surface area contributed by atoms with Crippen LogP contribution in [0.1, 0.15) is 30.9 Å². The van der Waals surface area contributed by atoms with E-state index in [1.165, 1.54) is 0 Å². The molecule has 0 aliphatic rings. The van der Waals surface area contributed by atoms with E-state index in [4.69, 9.17) is 0 Å². The molecule has 0 bridgehead atoms. The van der Waals surface area contributed by atoms with Crippen molar-refractivity contribution >= 4 is 0 Å². The summed E-state index contributed by atoms with van der Waals surface area (Å²) in [7, 11) is 0. The third-order valence-corrected chi connectivity index (χ3v) is 1.96. The first-order valence-corrected chi connectivity index (χ1v) is 4.44. The minimum atomic E-state index is 0.416. The molecule has 65 valence electrons. The normalized spacial score (nSPS) is 10.2. The Labute approximate surface area is 74.1 Å². The first-order valence-electron chi connectivity index (χ1n) is 4.44. The highest BCUT2D eigenvalue weighted by Gasteiger charge is 1.99. The van der Waals surface area contributed by atoms with Crippen LogP contribution < -0.4 is 0 Å². The van der Waals surface area contributed by atoms with E-state index in [0.717, 1.165) is 30.4 Å². The largest absolute Gasteiger partial charge is 0.508 e. The van der Waals surface area contributed by atoms with Gasteiger partial charge in [-0.2, -0.15) is 0 Å². The van der Waals surface area contributed by atoms with Gasteiger partial charge >= 0.3 is 0 Å². The number of hydrogen-bond donors (Lipinski definition) is 1. The standard InChI is InChI=1S/C11H15O/c1-3-4-5-10-7-6-9(2)8-11(10)12/h7-8,12H,3-5H2,1-2H3. The van der Waals surface area contributed by atoms with Crippen LogP contribution in [0.25, 0.3) is 0 Å². The summed E-state index contributed by atoms with van der Waals surface area (Å²) in [6.07, 6.45) is 3.25. The number of aromatic hydroxyl groups is 1. The maximum atomic E-state index is 9.50. The Balaban J connectivity index is 2.72. The molecule has 0 fully saturated rings. The topological polar surface area (TPSA) is 20.2 Å². The van der Waals surface area contributed by atoms with E-state index in [1.54, 1.807) is 6.07 Å². The lowest BCUT2D eigenvalue weighted by molar-refractivity contribution is 0.466. The number of aryl methyl sites for hydroxylation is 2. The smallest absolute Gasteiger partial charge is 0.119 e. The predicted molar refractivity (Wildman–Crippen MR) is 50.3 cm³/mol. The molecule has 1 N–H and O–H groups in total. The van der Waals surface area contributed by atoms with Gasteiger partial charge in [-0.25, -0.2) is 0 Å². The highest BCUT2D eigenvalue weighted by atomic mass is 16.3. The van der Waals surface area contributed by atoms with Crippen LogP contribution in [0.4, 0.5) is 0 Å². The Morgan fingerprint density at radius 2 is 2.25 bits per heavy atom. The zero-order chi connectivity index (χ0) is 8.97. The second-order valence-corrected chi connectivity index (χ2v) is 3.13. The van der Waals surface area contributed by atoms with Gasteiger partial charge in [0.15, 0.2) is 0 Å². The predicted octanol–water partition coefficient (Wildman–Crippen LogP) is 2.84. The molecular weight excluding hydrogens is 148 g/mol. The summed E-state index contributed by atoms with van der Waals surface area (Å²) in [5.74, 6) is 0.416. The van der Waals surface area contributed by atoms with Crippen LogP contribution in [0.2, 0.25) is 0 Å². The lowest BCUT2D eigenvalue weighted by Gasteiger charge is -2.03. The van der Waals surface area contributed by atoms with Gasteiger partial charge in [0.1, 0.15) is 5.75 Å². The molecule has 0 aliphatic heterocycles. The van der Waals surface area contributed by atoms with Crippen molar-refractivity contribution in [3.63, 3.8) is 0 Å². The Bertz CT molecular complexity index is 253. The average molecular weight is 163 g/mol. The van der Waals surface area contributed by atoms with Crippen molar-refractivity contribution in [2.24, 2.45) is 0 Å². The van der Waals surface area contributed by atoms with Gasteiger partial charge in [0.25, 0.3) is 0 Å². The van der Waals surface area contributed by atoms with Crippen molar-refractivity contribution in [3.05, 3.63) is 29.3 Å². The first-order chi connectivity index (χ1) is 5.74. The third-order valence-electron chi connectivity index (χ3n) is 1.96. The van der Waals surface area contributed by atoms with E-state index in [2.05, 4.69) is 13.0 Å². The molecule has 0 spiro atoms. The summed E-state index contributed by atoms with van der Waals surface area (Å²) in [5, 5.41) is 9.50. The lowest BCUT2D eigenvalue weighted by atomic mass is 10.1. The first kappa shape index (κ1) is 9.11. The summed E-state index contributed by atoms with van der Waals surface area (Å²) >= 11 is 0. The van der Waals surface area contributed by atoms with Gasteiger partial charge in [-0.1, -0.05) is 13.3 Å². The molecule has 1 aromatic rings. The van der Waals surface area contributed by atoms with Crippen molar-refractivity contribution in [1.82, 2.24) is 0 Å². The fourth-order valence-corrected chi connectivity index (χ4v) is 1.18. The van der Waals surface area contributed by atoms with Crippen molar-refractivity contribution in [1.29, 1.82) is 0 Å². The van der Waals surface area contributed by atoms with Crippen LogP contribution >= 0.6 is 0 Å². The quantitative estimate of drug-likeness (QED) is 0.726. The fraction of sp³-hybridized carbons (Fsp3) is 0.455. The minimum Gasteiger partial charge on any atom is -0.508 e. The molecule has 0 unspecified atom stereocenters. The van der Waals surface area contributed by atoms with Crippen LogP contribution in [0.5, 0.6) is 5.75 Å². The number of unbranched alkanes of at least 4 members (excludes halogenated alkanes) is 1. The number of phenolic OH excluding ortho intramolecular Hbond substituents is 1.